The van der Waals surface area contributed by atoms with E-state index in [9.17, 15) is 23.1 Å². The number of amides is 2. The Morgan fingerprint density at radius 3 is 2.57 bits per heavy atom. The zero-order valence-corrected chi connectivity index (χ0v) is 27.6. The van der Waals surface area contributed by atoms with E-state index in [1.54, 1.807) is 30.3 Å². The standard InChI is InChI=1S/C32H43N3O11S/c1-20(2)16-35(47(39,40)24-8-9-28-29(15-24)45-19-44-28)17-27(37)26(34-32(38)46-30-18-43-31-25(30)10-12-42-31)14-22-4-6-23(7-5-22)41-13-11-33-21(3)36/h4-9,15,20,25-27,30-31,37H,10-14,16-19H2,1-3H3,(H,33,36)(H,34,38)/t25-,26-,27+,30+,31+/m0/s1. The van der Waals surface area contributed by atoms with Crippen LogP contribution in [0, 0.1) is 11.8 Å². The number of nitrogens with zero attached hydrogens (tertiary/aromatic N) is 1. The Balaban J connectivity index is 1.31. The molecule has 14 nitrogen and oxygen atoms in total. The largest absolute Gasteiger partial charge is 0.492 e. The molecule has 0 aromatic heterocycles. The second-order valence-corrected chi connectivity index (χ2v) is 14.1. The maximum atomic E-state index is 13.9. The number of alkyl carbamates (subject to hydrolysis) is 1. The predicted octanol–water partition coefficient (Wildman–Crippen LogP) is 2.04. The van der Waals surface area contributed by atoms with E-state index in [-0.39, 0.29) is 62.2 Å². The zero-order chi connectivity index (χ0) is 33.6. The quantitative estimate of drug-likeness (QED) is 0.236. The van der Waals surface area contributed by atoms with Gasteiger partial charge in [0.15, 0.2) is 17.8 Å². The lowest BCUT2D eigenvalue weighted by Gasteiger charge is -2.31. The molecule has 5 atom stereocenters. The molecule has 3 N–H and O–H groups in total. The molecule has 2 amide bonds. The maximum Gasteiger partial charge on any atom is 0.407 e. The van der Waals surface area contributed by atoms with E-state index < -0.39 is 40.7 Å². The number of carbonyl (C=O) groups excluding carboxylic acids is 2. The fraction of sp³-hybridized carbons (Fsp3) is 0.562. The maximum absolute atomic E-state index is 13.9. The molecule has 47 heavy (non-hydrogen) atoms. The number of aliphatic hydroxyl groups is 1. The number of carbonyl (C=O) groups is 2. The smallest absolute Gasteiger partial charge is 0.407 e. The van der Waals surface area contributed by atoms with Crippen LogP contribution in [0.15, 0.2) is 47.4 Å². The highest BCUT2D eigenvalue weighted by Gasteiger charge is 2.44. The minimum absolute atomic E-state index is 0.00202. The normalized spacial score (nSPS) is 21.4. The van der Waals surface area contributed by atoms with Gasteiger partial charge in [0.1, 0.15) is 18.5 Å². The molecule has 5 rings (SSSR count). The summed E-state index contributed by atoms with van der Waals surface area (Å²) in [6.45, 7) is 6.39. The molecule has 3 aliphatic rings. The molecule has 2 aromatic rings. The number of sulfonamides is 1. The highest BCUT2D eigenvalue weighted by Crippen LogP contribution is 2.35. The lowest BCUT2D eigenvalue weighted by molar-refractivity contribution is -0.119. The van der Waals surface area contributed by atoms with E-state index >= 15 is 0 Å². The van der Waals surface area contributed by atoms with Crippen LogP contribution in [0.25, 0.3) is 0 Å². The van der Waals surface area contributed by atoms with Crippen molar-refractivity contribution in [2.45, 2.75) is 63.0 Å². The first-order valence-corrected chi connectivity index (χ1v) is 17.2. The van der Waals surface area contributed by atoms with Gasteiger partial charge < -0.3 is 44.2 Å². The number of fused-ring (bicyclic) bond motifs is 2. The Bertz CT molecular complexity index is 1490. The molecule has 3 heterocycles. The number of aliphatic hydroxyl groups excluding tert-OH is 1. The van der Waals surface area contributed by atoms with E-state index in [1.807, 2.05) is 13.8 Å². The molecule has 2 fully saturated rings. The van der Waals surface area contributed by atoms with Gasteiger partial charge >= 0.3 is 6.09 Å². The van der Waals surface area contributed by atoms with Crippen LogP contribution >= 0.6 is 0 Å². The molecule has 3 aliphatic heterocycles. The van der Waals surface area contributed by atoms with Crippen LogP contribution in [0.4, 0.5) is 4.79 Å². The number of benzene rings is 2. The summed E-state index contributed by atoms with van der Waals surface area (Å²) in [4.78, 5) is 24.3. The number of rotatable bonds is 15. The SMILES string of the molecule is CC(=O)NCCOc1ccc(C[C@H](NC(=O)O[C@@H]2CO[C@H]3OCC[C@H]32)[C@H](O)CN(CC(C)C)S(=O)(=O)c2ccc3c(c2)OCO3)cc1. The van der Waals surface area contributed by atoms with E-state index in [0.717, 1.165) is 5.56 Å². The van der Waals surface area contributed by atoms with Crippen LogP contribution in [0.1, 0.15) is 32.8 Å². The predicted molar refractivity (Wildman–Crippen MR) is 167 cm³/mol. The van der Waals surface area contributed by atoms with Gasteiger partial charge in [0, 0.05) is 26.1 Å². The monoisotopic (exact) mass is 677 g/mol. The van der Waals surface area contributed by atoms with Gasteiger partial charge in [-0.1, -0.05) is 26.0 Å². The number of hydrogen-bond acceptors (Lipinski definition) is 11. The minimum Gasteiger partial charge on any atom is -0.492 e. The Kier molecular flexibility index (Phi) is 11.5. The summed E-state index contributed by atoms with van der Waals surface area (Å²) in [6.07, 6.45) is -2.10. The molecule has 0 saturated carbocycles. The van der Waals surface area contributed by atoms with Crippen molar-refractivity contribution < 1.29 is 51.5 Å². The first-order valence-electron chi connectivity index (χ1n) is 15.7. The summed E-state index contributed by atoms with van der Waals surface area (Å²) in [7, 11) is -4.08. The number of ether oxygens (including phenoxy) is 6. The van der Waals surface area contributed by atoms with Gasteiger partial charge in [-0.3, -0.25) is 4.79 Å². The van der Waals surface area contributed by atoms with Crippen LogP contribution in [0.3, 0.4) is 0 Å². The van der Waals surface area contributed by atoms with Crippen molar-refractivity contribution >= 4 is 22.0 Å². The summed E-state index contributed by atoms with van der Waals surface area (Å²) in [6, 6.07) is 10.6. The van der Waals surface area contributed by atoms with Gasteiger partial charge in [-0.25, -0.2) is 13.2 Å². The van der Waals surface area contributed by atoms with Gasteiger partial charge in [-0.15, -0.1) is 0 Å². The summed E-state index contributed by atoms with van der Waals surface area (Å²) >= 11 is 0. The van der Waals surface area contributed by atoms with Crippen molar-refractivity contribution in [2.75, 3.05) is 46.2 Å². The topological polar surface area (TPSA) is 171 Å². The van der Waals surface area contributed by atoms with Gasteiger partial charge in [0.05, 0.1) is 42.7 Å². The number of hydrogen-bond donors (Lipinski definition) is 3. The average Bonchev–Trinajstić information content (AvgIpc) is 3.78. The molecule has 0 spiro atoms. The second-order valence-electron chi connectivity index (χ2n) is 12.2. The Morgan fingerprint density at radius 1 is 1.06 bits per heavy atom. The van der Waals surface area contributed by atoms with E-state index in [4.69, 9.17) is 28.4 Å². The third-order valence-corrected chi connectivity index (χ3v) is 9.90. The Hall–Kier alpha value is -3.63. The lowest BCUT2D eigenvalue weighted by Crippen LogP contribution is -2.51. The first-order chi connectivity index (χ1) is 22.5. The van der Waals surface area contributed by atoms with Crippen molar-refractivity contribution in [1.29, 1.82) is 0 Å². The van der Waals surface area contributed by atoms with Crippen LogP contribution in [-0.2, 0) is 35.4 Å². The van der Waals surface area contributed by atoms with Crippen LogP contribution in [0.2, 0.25) is 0 Å². The van der Waals surface area contributed by atoms with Crippen LogP contribution in [0.5, 0.6) is 17.2 Å². The van der Waals surface area contributed by atoms with E-state index in [2.05, 4.69) is 10.6 Å². The summed E-state index contributed by atoms with van der Waals surface area (Å²) in [5.74, 6) is 1.07. The molecule has 258 valence electrons. The third kappa shape index (κ3) is 9.05. The van der Waals surface area contributed by atoms with Crippen molar-refractivity contribution in [3.63, 3.8) is 0 Å². The molecule has 0 aliphatic carbocycles. The first kappa shape index (κ1) is 34.7. The van der Waals surface area contributed by atoms with Crippen LogP contribution in [-0.4, -0.2) is 101 Å². The molecule has 2 saturated heterocycles. The minimum atomic E-state index is -4.08. The zero-order valence-electron chi connectivity index (χ0n) is 26.8. The molecule has 0 unspecified atom stereocenters. The second kappa shape index (κ2) is 15.5. The van der Waals surface area contributed by atoms with Crippen LogP contribution < -0.4 is 24.8 Å². The highest BCUT2D eigenvalue weighted by molar-refractivity contribution is 7.89. The lowest BCUT2D eigenvalue weighted by atomic mass is 10.0. The molecular weight excluding hydrogens is 634 g/mol. The van der Waals surface area contributed by atoms with E-state index in [0.29, 0.717) is 36.8 Å². The van der Waals surface area contributed by atoms with Gasteiger partial charge in [0.2, 0.25) is 22.7 Å². The fourth-order valence-corrected chi connectivity index (χ4v) is 7.36. The molecule has 0 bridgehead atoms. The van der Waals surface area contributed by atoms with Crippen molar-refractivity contribution in [3.05, 3.63) is 48.0 Å². The van der Waals surface area contributed by atoms with Crippen molar-refractivity contribution in [3.8, 4) is 17.2 Å². The number of nitrogens with one attached hydrogen (secondary N) is 2. The van der Waals surface area contributed by atoms with Gasteiger partial charge in [0.25, 0.3) is 0 Å². The summed E-state index contributed by atoms with van der Waals surface area (Å²) in [5.41, 5.74) is 0.756. The van der Waals surface area contributed by atoms with E-state index in [1.165, 1.54) is 23.4 Å². The third-order valence-electron chi connectivity index (χ3n) is 8.08. The fourth-order valence-electron chi connectivity index (χ4n) is 5.73. The van der Waals surface area contributed by atoms with Crippen molar-refractivity contribution in [2.24, 2.45) is 11.8 Å². The van der Waals surface area contributed by atoms with Gasteiger partial charge in [-0.05, 0) is 48.6 Å². The molecule has 0 radical (unpaired) electrons. The molecule has 2 aromatic carbocycles. The Morgan fingerprint density at radius 2 is 1.83 bits per heavy atom. The molecule has 15 heteroatoms. The van der Waals surface area contributed by atoms with Gasteiger partial charge in [-0.2, -0.15) is 4.31 Å². The summed E-state index contributed by atoms with van der Waals surface area (Å²) in [5, 5.41) is 17.0. The average molecular weight is 678 g/mol. The molecular formula is C32H43N3O11S. The Labute approximate surface area is 274 Å². The summed E-state index contributed by atoms with van der Waals surface area (Å²) < 4.78 is 62.2. The van der Waals surface area contributed by atoms with Crippen molar-refractivity contribution in [1.82, 2.24) is 14.9 Å². The highest BCUT2D eigenvalue weighted by atomic mass is 32.2.